The Morgan fingerprint density at radius 2 is 0.248 bits per heavy atom. The maximum atomic E-state index is 7.32. The van der Waals surface area contributed by atoms with Crippen LogP contribution in [0.4, 0.5) is 0 Å². The maximum absolute atomic E-state index is 7.32. The van der Waals surface area contributed by atoms with Gasteiger partial charge in [-0.2, -0.15) is 21.0 Å². The highest BCUT2D eigenvalue weighted by atomic mass is 31.3. The second kappa shape index (κ2) is 50.9. The van der Waals surface area contributed by atoms with Crippen molar-refractivity contribution in [1.82, 2.24) is 0 Å². The third kappa shape index (κ3) is 32.2. The molecule has 592 valence electrons. The first-order valence-corrected chi connectivity index (χ1v) is 44.1. The standard InChI is InChI=1S/2C36H30N3O6P3.7C2H3N/c2*1-7-19-31(20-8-1)40-46(41-32-21-9-2-10-22-32)37-47(42-33-23-11-3-12-24-33,43-34-25-13-4-14-26-34)39-48(38-46,44-35-27-15-5-16-28-35)45-36-29-17-6-18-30-36;3*1-3-2;4*1-2-3/h2*1-30H;7*1H3. The van der Waals surface area contributed by atoms with Gasteiger partial charge in [0.1, 0.15) is 69.0 Å². The number of hydrogen-bond donors (Lipinski definition) is 0. The molecule has 2 aliphatic rings. The van der Waals surface area contributed by atoms with Crippen LogP contribution in [0.5, 0.6) is 69.0 Å². The fourth-order valence-electron chi connectivity index (χ4n) is 8.94. The summed E-state index contributed by atoms with van der Waals surface area (Å²) in [5.74, 6) is 5.57. The van der Waals surface area contributed by atoms with Gasteiger partial charge in [-0.3, -0.25) is 0 Å². The molecule has 2 heterocycles. The Labute approximate surface area is 684 Å². The van der Waals surface area contributed by atoms with Gasteiger partial charge in [0.15, 0.2) is 0 Å². The molecule has 0 saturated heterocycles. The van der Waals surface area contributed by atoms with E-state index in [2.05, 4.69) is 14.5 Å². The fourth-order valence-corrected chi connectivity index (χ4v) is 27.1. The molecule has 25 nitrogen and oxygen atoms in total. The number of benzene rings is 12. The molecule has 0 aromatic heterocycles. The van der Waals surface area contributed by atoms with Crippen molar-refractivity contribution in [1.29, 1.82) is 21.0 Å². The van der Waals surface area contributed by atoms with Crippen LogP contribution >= 0.6 is 46.0 Å². The lowest BCUT2D eigenvalue weighted by Crippen LogP contribution is -2.11. The Bertz CT molecular complexity index is 4400. The molecule has 12 aromatic rings. The van der Waals surface area contributed by atoms with Gasteiger partial charge in [0.2, 0.25) is 21.1 Å². The molecule has 31 heteroatoms. The van der Waals surface area contributed by atoms with E-state index in [4.69, 9.17) is 122 Å². The van der Waals surface area contributed by atoms with Crippen LogP contribution in [0.15, 0.2) is 391 Å². The zero-order valence-electron chi connectivity index (χ0n) is 64.5. The van der Waals surface area contributed by atoms with Crippen molar-refractivity contribution in [2.24, 2.45) is 27.1 Å². The minimum Gasteiger partial charge on any atom is -0.413 e. The molecule has 12 aromatic carbocycles. The average Bonchev–Trinajstić information content (AvgIpc) is 0.737. The number of rotatable bonds is 24. The Balaban J connectivity index is 0.000000294. The predicted octanol–water partition coefficient (Wildman–Crippen LogP) is 28.4. The quantitative estimate of drug-likeness (QED) is 0.0401. The molecule has 14 rings (SSSR count). The van der Waals surface area contributed by atoms with Crippen molar-refractivity contribution >= 4 is 46.0 Å². The highest BCUT2D eigenvalue weighted by Crippen LogP contribution is 2.80. The zero-order chi connectivity index (χ0) is 84.0. The summed E-state index contributed by atoms with van der Waals surface area (Å²) in [6.45, 7) is 23.2. The van der Waals surface area contributed by atoms with Crippen LogP contribution < -0.4 is 54.3 Å². The van der Waals surface area contributed by atoms with Crippen LogP contribution in [0.3, 0.4) is 0 Å². The van der Waals surface area contributed by atoms with Crippen molar-refractivity contribution in [2.45, 2.75) is 27.7 Å². The lowest BCUT2D eigenvalue weighted by molar-refractivity contribution is 0.440. The third-order valence-electron chi connectivity index (χ3n) is 13.0. The molecule has 0 fully saturated rings. The summed E-state index contributed by atoms with van der Waals surface area (Å²) in [5.41, 5.74) is 0. The van der Waals surface area contributed by atoms with E-state index in [0.29, 0.717) is 69.0 Å². The largest absolute Gasteiger partial charge is 0.460 e. The van der Waals surface area contributed by atoms with Crippen LogP contribution in [-0.4, -0.2) is 21.1 Å². The van der Waals surface area contributed by atoms with Crippen molar-refractivity contribution in [3.05, 3.63) is 398 Å². The normalized spacial score (nSPS) is 13.0. The molecule has 117 heavy (non-hydrogen) atoms. The van der Waals surface area contributed by atoms with Crippen LogP contribution in [0, 0.1) is 65.0 Å². The minimum atomic E-state index is -3.87. The first kappa shape index (κ1) is 91.9. The van der Waals surface area contributed by atoms with Gasteiger partial charge < -0.3 is 68.8 Å². The van der Waals surface area contributed by atoms with Crippen LogP contribution in [-0.2, 0) is 0 Å². The van der Waals surface area contributed by atoms with E-state index in [1.54, 1.807) is 170 Å². The summed E-state index contributed by atoms with van der Waals surface area (Å²) in [7, 11) is -19.0. The average molecular weight is 1670 g/mol. The summed E-state index contributed by atoms with van der Waals surface area (Å²) in [6.07, 6.45) is 0. The van der Waals surface area contributed by atoms with Gasteiger partial charge in [0.05, 0.1) is 24.3 Å². The van der Waals surface area contributed by atoms with Crippen LogP contribution in [0.2, 0.25) is 0 Å². The monoisotopic (exact) mass is 1670 g/mol. The minimum absolute atomic E-state index is 0.464. The first-order chi connectivity index (χ1) is 57.1. The Morgan fingerprint density at radius 1 is 0.188 bits per heavy atom. The molecule has 2 aliphatic heterocycles. The third-order valence-corrected chi connectivity index (χ3v) is 29.2. The summed E-state index contributed by atoms with van der Waals surface area (Å²) in [4.78, 5) is 8.25. The Kier molecular flexibility index (Phi) is 40.0. The number of para-hydroxylation sites is 12. The first-order valence-electron chi connectivity index (χ1n) is 34.9. The van der Waals surface area contributed by atoms with E-state index in [1.165, 1.54) is 48.8 Å². The molecule has 0 N–H and O–H groups in total. The second-order valence-electron chi connectivity index (χ2n) is 21.9. The van der Waals surface area contributed by atoms with Gasteiger partial charge in [0.25, 0.3) is 0 Å². The maximum Gasteiger partial charge on any atom is 0.460 e. The molecular formula is C86H81N13O12P6. The van der Waals surface area contributed by atoms with Crippen LogP contribution in [0.1, 0.15) is 27.7 Å². The molecule has 0 spiro atoms. The summed E-state index contributed by atoms with van der Waals surface area (Å²) in [6, 6.07) is 118. The highest BCUT2D eigenvalue weighted by Gasteiger charge is 2.51. The van der Waals surface area contributed by atoms with E-state index < -0.39 is 46.0 Å². The summed E-state index contributed by atoms with van der Waals surface area (Å²) < 4.78 is 112. The predicted molar refractivity (Wildman–Crippen MR) is 464 cm³/mol. The van der Waals surface area contributed by atoms with Gasteiger partial charge in [0, 0.05) is 27.7 Å². The summed E-state index contributed by atoms with van der Waals surface area (Å²) >= 11 is 0. The zero-order valence-corrected chi connectivity index (χ0v) is 69.9. The van der Waals surface area contributed by atoms with Crippen molar-refractivity contribution in [3.63, 3.8) is 0 Å². The van der Waals surface area contributed by atoms with Crippen LogP contribution in [0.25, 0.3) is 14.5 Å². The Hall–Kier alpha value is -14.0. The van der Waals surface area contributed by atoms with E-state index in [0.717, 1.165) is 0 Å². The number of nitriles is 4. The van der Waals surface area contributed by atoms with E-state index in [1.807, 2.05) is 218 Å². The molecular weight excluding hydrogens is 1590 g/mol. The lowest BCUT2D eigenvalue weighted by Gasteiger charge is -2.33. The highest BCUT2D eigenvalue weighted by molar-refractivity contribution is 7.79. The van der Waals surface area contributed by atoms with Gasteiger partial charge in [-0.25, -0.2) is 19.7 Å². The topological polar surface area (TPSA) is 293 Å². The molecule has 0 aliphatic carbocycles. The van der Waals surface area contributed by atoms with Gasteiger partial charge in [-0.15, -0.1) is 0 Å². The van der Waals surface area contributed by atoms with E-state index in [-0.39, 0.29) is 0 Å². The molecule has 0 saturated carbocycles. The lowest BCUT2D eigenvalue weighted by atomic mass is 10.3. The fraction of sp³-hybridized carbons (Fsp3) is 0.0814. The smallest absolute Gasteiger partial charge is 0.413 e. The second-order valence-corrected chi connectivity index (χ2v) is 34.3. The van der Waals surface area contributed by atoms with Crippen molar-refractivity contribution < 1.29 is 54.3 Å². The molecule has 0 unspecified atom stereocenters. The SMILES string of the molecule is CC#N.CC#N.CC#N.CC#N.[C-]#[N+]C.[C-]#[N+]C.[C-]#[N+]C.c1ccc(OP2(Oc3ccccc3)=NP(Oc3ccccc3)(Oc3ccccc3)=NP(Oc3ccccc3)(Oc3ccccc3)=N2)cc1.c1ccc(OP2(Oc3ccccc3)=NP(Oc3ccccc3)(Oc3ccccc3)=NP(Oc3ccccc3)(Oc3ccccc3)=N2)cc1. The molecule has 0 bridgehead atoms. The van der Waals surface area contributed by atoms with Gasteiger partial charge in [-0.05, 0) is 146 Å². The van der Waals surface area contributed by atoms with Crippen molar-refractivity contribution in [3.8, 4) is 93.3 Å². The van der Waals surface area contributed by atoms with Crippen molar-refractivity contribution in [2.75, 3.05) is 21.1 Å². The molecule has 0 amide bonds. The summed E-state index contributed by atoms with van der Waals surface area (Å²) in [5, 5.41) is 29.3. The number of hydrogen-bond acceptors (Lipinski definition) is 22. The van der Waals surface area contributed by atoms with E-state index >= 15 is 0 Å². The molecule has 0 radical (unpaired) electrons. The van der Waals surface area contributed by atoms with Gasteiger partial charge >= 0.3 is 46.0 Å². The van der Waals surface area contributed by atoms with Gasteiger partial charge in [-0.1, -0.05) is 245 Å². The number of nitrogens with zero attached hydrogens (tertiary/aromatic N) is 13. The Morgan fingerprint density at radius 3 is 0.308 bits per heavy atom. The molecule has 0 atom stereocenters. The van der Waals surface area contributed by atoms with E-state index in [9.17, 15) is 0 Å².